The molecule has 2 heterocycles. The van der Waals surface area contributed by atoms with Gasteiger partial charge in [0.25, 0.3) is 0 Å². The maximum atomic E-state index is 13.6. The van der Waals surface area contributed by atoms with Crippen molar-refractivity contribution < 1.29 is 19.3 Å². The Morgan fingerprint density at radius 2 is 2.42 bits per heavy atom. The molecule has 8 heteroatoms. The van der Waals surface area contributed by atoms with Crippen molar-refractivity contribution >= 4 is 5.82 Å². The van der Waals surface area contributed by atoms with E-state index in [1.807, 2.05) is 0 Å². The van der Waals surface area contributed by atoms with Gasteiger partial charge in [0.1, 0.15) is 11.8 Å². The molecule has 0 saturated carbocycles. The van der Waals surface area contributed by atoms with Gasteiger partial charge >= 0.3 is 5.69 Å². The molecule has 19 heavy (non-hydrogen) atoms. The van der Waals surface area contributed by atoms with Crippen molar-refractivity contribution in [1.29, 1.82) is 0 Å². The van der Waals surface area contributed by atoms with Gasteiger partial charge in [0, 0.05) is 13.5 Å². The number of ether oxygens (including phenoxy) is 1. The van der Waals surface area contributed by atoms with E-state index >= 15 is 0 Å². The van der Waals surface area contributed by atoms with E-state index < -0.39 is 36.0 Å². The van der Waals surface area contributed by atoms with Crippen molar-refractivity contribution in [2.75, 3.05) is 19.0 Å². The lowest BCUT2D eigenvalue weighted by Crippen LogP contribution is -2.39. The number of aliphatic hydroxyl groups is 2. The van der Waals surface area contributed by atoms with E-state index in [1.54, 1.807) is 0 Å². The van der Waals surface area contributed by atoms with Crippen LogP contribution >= 0.6 is 0 Å². The summed E-state index contributed by atoms with van der Waals surface area (Å²) >= 11 is 0. The average molecular weight is 273 g/mol. The van der Waals surface area contributed by atoms with Crippen LogP contribution < -0.4 is 11.0 Å². The highest BCUT2D eigenvalue weighted by atomic mass is 19.1. The Bertz CT molecular complexity index is 535. The first-order chi connectivity index (χ1) is 8.91. The molecule has 3 atom stereocenters. The summed E-state index contributed by atoms with van der Waals surface area (Å²) in [6.45, 7) is 1.12. The van der Waals surface area contributed by atoms with Gasteiger partial charge in [-0.1, -0.05) is 0 Å². The minimum Gasteiger partial charge on any atom is -0.393 e. The van der Waals surface area contributed by atoms with E-state index in [0.717, 1.165) is 10.8 Å². The molecule has 0 spiro atoms. The van der Waals surface area contributed by atoms with E-state index in [0.29, 0.717) is 0 Å². The fourth-order valence-electron chi connectivity index (χ4n) is 2.02. The number of halogens is 1. The Morgan fingerprint density at radius 1 is 1.74 bits per heavy atom. The summed E-state index contributed by atoms with van der Waals surface area (Å²) in [6, 6.07) is 0. The molecule has 0 bridgehead atoms. The predicted octanol–water partition coefficient (Wildman–Crippen LogP) is -0.545. The summed E-state index contributed by atoms with van der Waals surface area (Å²) in [5.74, 6) is -0.845. The zero-order valence-electron chi connectivity index (χ0n) is 10.6. The summed E-state index contributed by atoms with van der Waals surface area (Å²) in [4.78, 5) is 15.3. The van der Waals surface area contributed by atoms with Crippen molar-refractivity contribution in [2.24, 2.45) is 0 Å². The van der Waals surface area contributed by atoms with Gasteiger partial charge in [-0.05, 0) is 6.92 Å². The fourth-order valence-corrected chi connectivity index (χ4v) is 2.02. The first-order valence-corrected chi connectivity index (χ1v) is 5.84. The maximum absolute atomic E-state index is 13.6. The first-order valence-electron chi connectivity index (χ1n) is 5.84. The van der Waals surface area contributed by atoms with Gasteiger partial charge in [0.05, 0.1) is 18.9 Å². The summed E-state index contributed by atoms with van der Waals surface area (Å²) < 4.78 is 20.0. The first kappa shape index (κ1) is 13.9. The second kappa shape index (κ2) is 4.87. The van der Waals surface area contributed by atoms with Crippen molar-refractivity contribution in [1.82, 2.24) is 9.55 Å². The molecule has 1 aliphatic rings. The van der Waals surface area contributed by atoms with Crippen LogP contribution in [0, 0.1) is 5.82 Å². The Hall–Kier alpha value is -1.51. The molecular weight excluding hydrogens is 257 g/mol. The zero-order chi connectivity index (χ0) is 14.2. The molecule has 0 radical (unpaired) electrons. The van der Waals surface area contributed by atoms with Crippen molar-refractivity contribution in [3.63, 3.8) is 0 Å². The van der Waals surface area contributed by atoms with E-state index in [1.165, 1.54) is 14.0 Å². The van der Waals surface area contributed by atoms with E-state index in [-0.39, 0.29) is 12.2 Å². The summed E-state index contributed by atoms with van der Waals surface area (Å²) in [6.07, 6.45) is -0.743. The highest BCUT2D eigenvalue weighted by molar-refractivity contribution is 5.32. The molecule has 1 saturated heterocycles. The Morgan fingerprint density at radius 3 is 2.95 bits per heavy atom. The van der Waals surface area contributed by atoms with E-state index in [2.05, 4.69) is 10.3 Å². The van der Waals surface area contributed by atoms with E-state index in [4.69, 9.17) is 4.74 Å². The molecule has 0 aliphatic carbocycles. The normalized spacial score (nSPS) is 30.6. The number of hydrogen-bond donors (Lipinski definition) is 3. The predicted molar refractivity (Wildman–Crippen MR) is 64.2 cm³/mol. The highest BCUT2D eigenvalue weighted by Gasteiger charge is 2.45. The third kappa shape index (κ3) is 2.34. The van der Waals surface area contributed by atoms with Gasteiger partial charge in [0.2, 0.25) is 0 Å². The van der Waals surface area contributed by atoms with Crippen molar-refractivity contribution in [3.8, 4) is 0 Å². The topological polar surface area (TPSA) is 96.6 Å². The Kier molecular flexibility index (Phi) is 3.57. The van der Waals surface area contributed by atoms with Gasteiger partial charge < -0.3 is 20.3 Å². The smallest absolute Gasteiger partial charge is 0.351 e. The average Bonchev–Trinajstić information content (AvgIpc) is 2.68. The summed E-state index contributed by atoms with van der Waals surface area (Å²) in [5, 5.41) is 21.5. The maximum Gasteiger partial charge on any atom is 0.351 e. The number of hydrogen-bond acceptors (Lipinski definition) is 6. The van der Waals surface area contributed by atoms with Crippen LogP contribution in [0.1, 0.15) is 19.6 Å². The Labute approximate surface area is 108 Å². The van der Waals surface area contributed by atoms with E-state index in [9.17, 15) is 19.4 Å². The molecule has 1 aliphatic heterocycles. The largest absolute Gasteiger partial charge is 0.393 e. The quantitative estimate of drug-likeness (QED) is 0.684. The minimum absolute atomic E-state index is 0.0803. The zero-order valence-corrected chi connectivity index (χ0v) is 10.6. The molecule has 0 aromatic carbocycles. The molecule has 1 aromatic rings. The van der Waals surface area contributed by atoms with Crippen LogP contribution in [0.2, 0.25) is 0 Å². The minimum atomic E-state index is -1.16. The molecule has 7 nitrogen and oxygen atoms in total. The molecular formula is C11H16FN3O4. The van der Waals surface area contributed by atoms with Gasteiger partial charge in [-0.2, -0.15) is 4.98 Å². The van der Waals surface area contributed by atoms with Crippen LogP contribution in [-0.2, 0) is 4.74 Å². The monoisotopic (exact) mass is 273 g/mol. The van der Waals surface area contributed by atoms with Crippen LogP contribution in [-0.4, -0.2) is 45.1 Å². The van der Waals surface area contributed by atoms with Crippen LogP contribution in [0.5, 0.6) is 0 Å². The second-order valence-electron chi connectivity index (χ2n) is 4.67. The molecule has 0 amide bonds. The molecule has 1 fully saturated rings. The van der Waals surface area contributed by atoms with Crippen LogP contribution in [0.3, 0.4) is 0 Å². The lowest BCUT2D eigenvalue weighted by Gasteiger charge is -2.25. The number of nitrogens with zero attached hydrogens (tertiary/aromatic N) is 2. The Balaban J connectivity index is 2.35. The third-order valence-corrected chi connectivity index (χ3v) is 3.30. The molecule has 3 N–H and O–H groups in total. The molecule has 2 rings (SSSR count). The number of aliphatic hydroxyl groups excluding tert-OH is 2. The highest BCUT2D eigenvalue weighted by Crippen LogP contribution is 2.35. The second-order valence-corrected chi connectivity index (χ2v) is 4.67. The van der Waals surface area contributed by atoms with Gasteiger partial charge in [0.15, 0.2) is 11.6 Å². The van der Waals surface area contributed by atoms with Crippen molar-refractivity contribution in [2.45, 2.75) is 31.3 Å². The molecule has 0 unspecified atom stereocenters. The van der Waals surface area contributed by atoms with Gasteiger partial charge in [-0.25, -0.2) is 9.18 Å². The van der Waals surface area contributed by atoms with Gasteiger partial charge in [-0.3, -0.25) is 4.57 Å². The SMILES string of the molecule is CNc1nc(=O)n([C@H]2C[C@H](O)[C@@](C)(CO)O2)cc1F. The standard InChI is InChI=1S/C11H16FN3O4/c1-11(5-16)7(17)3-8(19-11)15-4-6(12)9(13-2)14-10(15)18/h4,7-8,16-17H,3,5H2,1-2H3,(H,13,14,18)/t7-,8+,11+/m0/s1. The van der Waals surface area contributed by atoms with Crippen molar-refractivity contribution in [3.05, 3.63) is 22.5 Å². The number of aromatic nitrogens is 2. The lowest BCUT2D eigenvalue weighted by molar-refractivity contribution is -0.117. The molecule has 1 aromatic heterocycles. The number of rotatable bonds is 3. The van der Waals surface area contributed by atoms with Crippen LogP contribution in [0.4, 0.5) is 10.2 Å². The lowest BCUT2D eigenvalue weighted by atomic mass is 10.0. The van der Waals surface area contributed by atoms with Crippen LogP contribution in [0.25, 0.3) is 0 Å². The number of anilines is 1. The number of nitrogens with one attached hydrogen (secondary N) is 1. The molecule has 106 valence electrons. The fraction of sp³-hybridized carbons (Fsp3) is 0.636. The third-order valence-electron chi connectivity index (χ3n) is 3.30. The summed E-state index contributed by atoms with van der Waals surface area (Å²) in [5.41, 5.74) is -1.85. The summed E-state index contributed by atoms with van der Waals surface area (Å²) in [7, 11) is 1.45. The van der Waals surface area contributed by atoms with Gasteiger partial charge in [-0.15, -0.1) is 0 Å². The van der Waals surface area contributed by atoms with Crippen LogP contribution in [0.15, 0.2) is 11.0 Å².